The van der Waals surface area contributed by atoms with Gasteiger partial charge in [-0.25, -0.2) is 0 Å². The van der Waals surface area contributed by atoms with E-state index in [1.165, 1.54) is 119 Å². The Hall–Kier alpha value is -1.30. The van der Waals surface area contributed by atoms with Gasteiger partial charge in [-0.1, -0.05) is 114 Å². The number of hydrogen-bond acceptors (Lipinski definition) is 0. The van der Waals surface area contributed by atoms with Crippen molar-refractivity contribution in [1.82, 2.24) is 0 Å². The van der Waals surface area contributed by atoms with E-state index in [1.54, 1.807) is 5.56 Å². The van der Waals surface area contributed by atoms with Crippen LogP contribution in [0, 0.1) is 17.8 Å². The molecule has 176 valence electrons. The molecule has 0 atom stereocenters. The average Bonchev–Trinajstić information content (AvgIpc) is 2.84. The molecular formula is C32H48. The predicted octanol–water partition coefficient (Wildman–Crippen LogP) is 10.2. The van der Waals surface area contributed by atoms with Gasteiger partial charge in [0.25, 0.3) is 0 Å². The number of hydrogen-bond donors (Lipinski definition) is 0. The maximum Gasteiger partial charge on any atom is -0.0162 e. The third-order valence-corrected chi connectivity index (χ3v) is 8.96. The Morgan fingerprint density at radius 2 is 1.19 bits per heavy atom. The number of rotatable bonds is 10. The zero-order valence-corrected chi connectivity index (χ0v) is 21.1. The summed E-state index contributed by atoms with van der Waals surface area (Å²) in [6, 6.07) is 14.5. The Morgan fingerprint density at radius 3 is 1.84 bits per heavy atom. The van der Waals surface area contributed by atoms with Gasteiger partial charge >= 0.3 is 0 Å². The van der Waals surface area contributed by atoms with E-state index in [0.29, 0.717) is 0 Å². The van der Waals surface area contributed by atoms with Crippen molar-refractivity contribution >= 4 is 10.8 Å². The number of unbranched alkanes of at least 4 members (excludes halogenated alkanes) is 2. The third-order valence-electron chi connectivity index (χ3n) is 8.96. The lowest BCUT2D eigenvalue weighted by Gasteiger charge is -2.32. The summed E-state index contributed by atoms with van der Waals surface area (Å²) in [5.74, 6) is 3.91. The van der Waals surface area contributed by atoms with Crippen LogP contribution in [-0.4, -0.2) is 0 Å². The van der Waals surface area contributed by atoms with Crippen molar-refractivity contribution in [2.75, 3.05) is 0 Å². The number of benzene rings is 2. The van der Waals surface area contributed by atoms with Crippen LogP contribution in [0.3, 0.4) is 0 Å². The molecule has 0 heteroatoms. The van der Waals surface area contributed by atoms with E-state index in [0.717, 1.165) is 23.7 Å². The van der Waals surface area contributed by atoms with Gasteiger partial charge in [-0.05, 0) is 84.1 Å². The van der Waals surface area contributed by atoms with Gasteiger partial charge < -0.3 is 0 Å². The van der Waals surface area contributed by atoms with E-state index in [1.807, 2.05) is 0 Å². The molecule has 0 bridgehead atoms. The quantitative estimate of drug-likeness (QED) is 0.327. The Labute approximate surface area is 198 Å². The summed E-state index contributed by atoms with van der Waals surface area (Å²) in [6.45, 7) is 4.64. The van der Waals surface area contributed by atoms with E-state index >= 15 is 0 Å². The molecule has 4 rings (SSSR count). The van der Waals surface area contributed by atoms with Crippen LogP contribution in [0.1, 0.15) is 127 Å². The second kappa shape index (κ2) is 12.2. The second-order valence-electron chi connectivity index (χ2n) is 11.4. The summed E-state index contributed by atoms with van der Waals surface area (Å²) in [6.07, 6.45) is 22.9. The topological polar surface area (TPSA) is 0 Å². The molecule has 0 amide bonds. The lowest BCUT2D eigenvalue weighted by Crippen LogP contribution is -2.17. The average molecular weight is 433 g/mol. The molecule has 0 aromatic heterocycles. The molecule has 0 N–H and O–H groups in total. The molecule has 0 saturated heterocycles. The van der Waals surface area contributed by atoms with Gasteiger partial charge in [0.15, 0.2) is 0 Å². The van der Waals surface area contributed by atoms with Crippen LogP contribution in [0.2, 0.25) is 0 Å². The zero-order chi connectivity index (χ0) is 22.2. The second-order valence-corrected chi connectivity index (χ2v) is 11.4. The van der Waals surface area contributed by atoms with E-state index < -0.39 is 0 Å². The van der Waals surface area contributed by atoms with E-state index in [-0.39, 0.29) is 0 Å². The van der Waals surface area contributed by atoms with Gasteiger partial charge in [-0.3, -0.25) is 0 Å². The Balaban J connectivity index is 1.22. The fourth-order valence-corrected chi connectivity index (χ4v) is 6.78. The molecule has 32 heavy (non-hydrogen) atoms. The molecule has 2 fully saturated rings. The van der Waals surface area contributed by atoms with Crippen LogP contribution in [0.15, 0.2) is 36.4 Å². The van der Waals surface area contributed by atoms with E-state index in [2.05, 4.69) is 50.2 Å². The Bertz CT molecular complexity index is 802. The largest absolute Gasteiger partial charge is 0.0654 e. The van der Waals surface area contributed by atoms with Crippen molar-refractivity contribution in [3.63, 3.8) is 0 Å². The van der Waals surface area contributed by atoms with Crippen molar-refractivity contribution in [1.29, 1.82) is 0 Å². The summed E-state index contributed by atoms with van der Waals surface area (Å²) < 4.78 is 0. The summed E-state index contributed by atoms with van der Waals surface area (Å²) in [5, 5.41) is 2.88. The summed E-state index contributed by atoms with van der Waals surface area (Å²) in [4.78, 5) is 0. The van der Waals surface area contributed by atoms with E-state index in [4.69, 9.17) is 0 Å². The van der Waals surface area contributed by atoms with Gasteiger partial charge in [-0.2, -0.15) is 0 Å². The van der Waals surface area contributed by atoms with Gasteiger partial charge in [-0.15, -0.1) is 0 Å². The maximum absolute atomic E-state index is 2.50. The van der Waals surface area contributed by atoms with Crippen molar-refractivity contribution in [3.8, 4) is 0 Å². The Kier molecular flexibility index (Phi) is 9.12. The van der Waals surface area contributed by atoms with Crippen LogP contribution in [0.5, 0.6) is 0 Å². The maximum atomic E-state index is 2.50. The lowest BCUT2D eigenvalue weighted by atomic mass is 9.74. The highest BCUT2D eigenvalue weighted by Crippen LogP contribution is 2.40. The lowest BCUT2D eigenvalue weighted by molar-refractivity contribution is 0.224. The summed E-state index contributed by atoms with van der Waals surface area (Å²) in [5.41, 5.74) is 3.11. The molecule has 0 radical (unpaired) electrons. The smallest absolute Gasteiger partial charge is 0.0162 e. The van der Waals surface area contributed by atoms with Crippen LogP contribution >= 0.6 is 0 Å². The molecule has 2 aliphatic rings. The molecule has 0 heterocycles. The zero-order valence-electron chi connectivity index (χ0n) is 21.1. The first-order chi connectivity index (χ1) is 15.7. The fraction of sp³-hybridized carbons (Fsp3) is 0.688. The highest BCUT2D eigenvalue weighted by molar-refractivity contribution is 5.84. The SMILES string of the molecule is CCCCCc1ccc2cc(C3CCC(CCC4CCC(CCC)CC4)CC3)ccc2c1. The van der Waals surface area contributed by atoms with Crippen LogP contribution < -0.4 is 0 Å². The van der Waals surface area contributed by atoms with Crippen LogP contribution in [-0.2, 0) is 6.42 Å². The molecule has 2 saturated carbocycles. The van der Waals surface area contributed by atoms with Gasteiger partial charge in [0.05, 0.1) is 0 Å². The third kappa shape index (κ3) is 6.61. The minimum atomic E-state index is 0.796. The molecular weight excluding hydrogens is 384 g/mol. The van der Waals surface area contributed by atoms with Crippen molar-refractivity contribution in [2.24, 2.45) is 17.8 Å². The van der Waals surface area contributed by atoms with Gasteiger partial charge in [0.1, 0.15) is 0 Å². The molecule has 2 aliphatic carbocycles. The summed E-state index contributed by atoms with van der Waals surface area (Å²) in [7, 11) is 0. The van der Waals surface area contributed by atoms with Gasteiger partial charge in [0, 0.05) is 0 Å². The minimum absolute atomic E-state index is 0.796. The predicted molar refractivity (Wildman–Crippen MR) is 141 cm³/mol. The molecule has 0 unspecified atom stereocenters. The molecule has 0 spiro atoms. The van der Waals surface area contributed by atoms with Crippen molar-refractivity contribution < 1.29 is 0 Å². The Morgan fingerprint density at radius 1 is 0.594 bits per heavy atom. The monoisotopic (exact) mass is 432 g/mol. The van der Waals surface area contributed by atoms with Crippen molar-refractivity contribution in [3.05, 3.63) is 47.5 Å². The van der Waals surface area contributed by atoms with Crippen LogP contribution in [0.4, 0.5) is 0 Å². The molecule has 0 nitrogen and oxygen atoms in total. The first kappa shape index (κ1) is 23.8. The first-order valence-electron chi connectivity index (χ1n) is 14.3. The number of aryl methyl sites for hydroxylation is 1. The highest BCUT2D eigenvalue weighted by Gasteiger charge is 2.25. The first-order valence-corrected chi connectivity index (χ1v) is 14.3. The molecule has 2 aromatic rings. The van der Waals surface area contributed by atoms with Crippen molar-refractivity contribution in [2.45, 2.75) is 122 Å². The fourth-order valence-electron chi connectivity index (χ4n) is 6.78. The normalized spacial score (nSPS) is 26.4. The molecule has 0 aliphatic heterocycles. The number of fused-ring (bicyclic) bond motifs is 1. The highest BCUT2D eigenvalue weighted by atomic mass is 14.3. The summed E-state index contributed by atoms with van der Waals surface area (Å²) >= 11 is 0. The van der Waals surface area contributed by atoms with E-state index in [9.17, 15) is 0 Å². The van der Waals surface area contributed by atoms with Crippen LogP contribution in [0.25, 0.3) is 10.8 Å². The standard InChI is InChI=1S/C32H48/c1-3-5-6-8-28-17-20-32-24-31(22-21-30(32)23-28)29-18-15-27(16-19-29)14-13-26-11-9-25(7-4-2)10-12-26/h17,20-27,29H,3-16,18-19H2,1-2H3. The molecule has 2 aromatic carbocycles. The van der Waals surface area contributed by atoms with Gasteiger partial charge in [0.2, 0.25) is 0 Å². The minimum Gasteiger partial charge on any atom is -0.0654 e.